The number of benzene rings is 5. The van der Waals surface area contributed by atoms with Crippen molar-refractivity contribution in [3.63, 3.8) is 0 Å². The fourth-order valence-electron chi connectivity index (χ4n) is 9.49. The summed E-state index contributed by atoms with van der Waals surface area (Å²) in [7, 11) is 0. The summed E-state index contributed by atoms with van der Waals surface area (Å²) in [5, 5.41) is 2.75. The summed E-state index contributed by atoms with van der Waals surface area (Å²) < 4.78 is 2.93. The van der Waals surface area contributed by atoms with E-state index in [1.165, 1.54) is 89.9 Å². The molecule has 1 aromatic heterocycles. The van der Waals surface area contributed by atoms with Gasteiger partial charge in [0.05, 0.1) is 0 Å². The van der Waals surface area contributed by atoms with Crippen molar-refractivity contribution >= 4 is 89.3 Å². The summed E-state index contributed by atoms with van der Waals surface area (Å²) in [6.45, 7) is 14.6. The number of rotatable bonds is 2. The first kappa shape index (κ1) is 29.9. The van der Waals surface area contributed by atoms with E-state index < -0.39 is 0 Å². The third-order valence-electron chi connectivity index (χ3n) is 12.2. The lowest BCUT2D eigenvalue weighted by molar-refractivity contribution is 0.347. The van der Waals surface area contributed by atoms with Crippen LogP contribution in [0.2, 0.25) is 0 Å². The van der Waals surface area contributed by atoms with E-state index in [4.69, 9.17) is 0 Å². The topological polar surface area (TPSA) is 6.48 Å². The molecule has 4 heterocycles. The number of hydrogen-bond acceptors (Lipinski definition) is 4. The molecule has 2 nitrogen and oxygen atoms in total. The number of allylic oxidation sites excluding steroid dienone is 1. The Kier molecular flexibility index (Phi) is 6.16. The minimum atomic E-state index is 0.0895. The largest absolute Gasteiger partial charge is 0.314 e. The average molecular weight is 673 g/mol. The van der Waals surface area contributed by atoms with Gasteiger partial charge in [0.25, 0.3) is 6.71 Å². The van der Waals surface area contributed by atoms with Crippen molar-refractivity contribution in [3.05, 3.63) is 125 Å². The number of nitrogens with zero attached hydrogens (tertiary/aromatic N) is 2. The van der Waals surface area contributed by atoms with Gasteiger partial charge < -0.3 is 9.80 Å². The average Bonchev–Trinajstić information content (AvgIpc) is 3.67. The zero-order valence-electron chi connectivity index (χ0n) is 29.2. The van der Waals surface area contributed by atoms with Gasteiger partial charge in [0.2, 0.25) is 0 Å². The highest BCUT2D eigenvalue weighted by Crippen LogP contribution is 2.69. The van der Waals surface area contributed by atoms with Crippen LogP contribution in [0.4, 0.5) is 28.4 Å². The zero-order chi connectivity index (χ0) is 33.4. The molecule has 2 unspecified atom stereocenters. The molecule has 5 aromatic carbocycles. The van der Waals surface area contributed by atoms with E-state index in [2.05, 4.69) is 166 Å². The van der Waals surface area contributed by atoms with Crippen LogP contribution in [0.25, 0.3) is 20.2 Å². The molecule has 0 spiro atoms. The number of hydrogen-bond donors (Lipinski definition) is 0. The molecule has 0 N–H and O–H groups in total. The van der Waals surface area contributed by atoms with Crippen molar-refractivity contribution in [1.29, 1.82) is 0 Å². The van der Waals surface area contributed by atoms with Crippen LogP contribution in [0, 0.1) is 12.3 Å². The normalized spacial score (nSPS) is 22.5. The zero-order valence-corrected chi connectivity index (χ0v) is 30.9. The minimum Gasteiger partial charge on any atom is -0.314 e. The third kappa shape index (κ3) is 4.03. The molecule has 6 aromatic rings. The minimum absolute atomic E-state index is 0.0895. The Morgan fingerprint density at radius 2 is 1.35 bits per heavy atom. The molecule has 242 valence electrons. The Morgan fingerprint density at radius 3 is 2.04 bits per heavy atom. The Bertz CT molecular complexity index is 2390. The van der Waals surface area contributed by atoms with Crippen molar-refractivity contribution in [2.24, 2.45) is 5.41 Å². The van der Waals surface area contributed by atoms with Gasteiger partial charge in [-0.15, -0.1) is 23.1 Å². The maximum absolute atomic E-state index is 2.68. The first-order valence-corrected chi connectivity index (χ1v) is 19.5. The van der Waals surface area contributed by atoms with Crippen LogP contribution in [0.15, 0.2) is 114 Å². The van der Waals surface area contributed by atoms with E-state index in [1.54, 1.807) is 10.5 Å². The van der Waals surface area contributed by atoms with E-state index >= 15 is 0 Å². The van der Waals surface area contributed by atoms with Crippen LogP contribution >= 0.6 is 23.1 Å². The van der Waals surface area contributed by atoms with Gasteiger partial charge in [-0.05, 0) is 120 Å². The standard InChI is InChI=1S/C44H41BN2S2/c1-27-22-35-39-36(23-27)47(30-16-11-8-12-17-30)40-41(49-44(6)21-13-20-43(40,44)5)45(39)33-26-38-32(25-34(33)46(35)29-14-9-7-10-15-29)31-24-28(42(2,3)4)18-19-37(31)48-38/h7-12,14-19,22-26H,13,20-21H2,1-6H3. The highest BCUT2D eigenvalue weighted by atomic mass is 32.2. The molecule has 3 aliphatic heterocycles. The molecule has 2 atom stereocenters. The molecular formula is C44H41BN2S2. The second kappa shape index (κ2) is 10.1. The molecule has 0 bridgehead atoms. The highest BCUT2D eigenvalue weighted by Gasteiger charge is 2.62. The van der Waals surface area contributed by atoms with Crippen molar-refractivity contribution in [3.8, 4) is 0 Å². The van der Waals surface area contributed by atoms with Crippen molar-refractivity contribution < 1.29 is 0 Å². The van der Waals surface area contributed by atoms with Crippen LogP contribution < -0.4 is 20.7 Å². The summed E-state index contributed by atoms with van der Waals surface area (Å²) in [6, 6.07) is 39.5. The van der Waals surface area contributed by atoms with Crippen molar-refractivity contribution in [2.75, 3.05) is 9.80 Å². The second-order valence-corrected chi connectivity index (χ2v) is 18.8. The maximum atomic E-state index is 2.68. The number of thioether (sulfide) groups is 1. The van der Waals surface area contributed by atoms with E-state index in [9.17, 15) is 0 Å². The number of para-hydroxylation sites is 2. The molecule has 1 fully saturated rings. The Hall–Kier alpha value is -3.93. The molecule has 0 amide bonds. The Balaban J connectivity index is 1.33. The number of thiophene rings is 1. The lowest BCUT2D eigenvalue weighted by Gasteiger charge is -2.46. The summed E-state index contributed by atoms with van der Waals surface area (Å²) >= 11 is 4.16. The van der Waals surface area contributed by atoms with Crippen molar-refractivity contribution in [2.45, 2.75) is 71.0 Å². The quantitative estimate of drug-likeness (QED) is 0.169. The van der Waals surface area contributed by atoms with E-state index in [0.29, 0.717) is 0 Å². The molecule has 0 saturated heterocycles. The predicted molar refractivity (Wildman–Crippen MR) is 216 cm³/mol. The molecule has 4 aliphatic rings. The molecule has 1 saturated carbocycles. The van der Waals surface area contributed by atoms with Crippen LogP contribution in [0.1, 0.15) is 65.0 Å². The van der Waals surface area contributed by atoms with Crippen LogP contribution in [-0.4, -0.2) is 11.5 Å². The first-order valence-electron chi connectivity index (χ1n) is 17.9. The van der Waals surface area contributed by atoms with Gasteiger partial charge in [0, 0.05) is 64.5 Å². The molecule has 0 radical (unpaired) electrons. The number of aryl methyl sites for hydroxylation is 1. The third-order valence-corrected chi connectivity index (χ3v) is 15.1. The van der Waals surface area contributed by atoms with Crippen molar-refractivity contribution in [1.82, 2.24) is 0 Å². The fraction of sp³-hybridized carbons (Fsp3) is 0.273. The SMILES string of the molecule is Cc1cc2c3c(c1)N(c1ccccc1)c1cc4c(cc1B3C1=C(N2c2ccccc2)C2(C)CCCC2(C)S1)sc1ccc(C(C)(C)C)cc14. The molecule has 5 heteroatoms. The summed E-state index contributed by atoms with van der Waals surface area (Å²) in [5.41, 5.74) is 13.8. The Morgan fingerprint density at radius 1 is 0.694 bits per heavy atom. The fourth-order valence-corrected chi connectivity index (χ4v) is 12.5. The molecule has 1 aliphatic carbocycles. The smallest absolute Gasteiger partial charge is 0.259 e. The molecule has 49 heavy (non-hydrogen) atoms. The van der Waals surface area contributed by atoms with Gasteiger partial charge in [-0.25, -0.2) is 0 Å². The summed E-state index contributed by atoms with van der Waals surface area (Å²) in [4.78, 5) is 6.82. The predicted octanol–water partition coefficient (Wildman–Crippen LogP) is 11.7. The molecule has 10 rings (SSSR count). The van der Waals surface area contributed by atoms with E-state index in [1.807, 2.05) is 11.3 Å². The molecular weight excluding hydrogens is 631 g/mol. The lowest BCUT2D eigenvalue weighted by atomic mass is 9.36. The van der Waals surface area contributed by atoms with Crippen LogP contribution in [0.5, 0.6) is 0 Å². The van der Waals surface area contributed by atoms with Crippen LogP contribution in [0.3, 0.4) is 0 Å². The van der Waals surface area contributed by atoms with Gasteiger partial charge in [-0.3, -0.25) is 0 Å². The van der Waals surface area contributed by atoms with Gasteiger partial charge in [-0.2, -0.15) is 0 Å². The van der Waals surface area contributed by atoms with Crippen LogP contribution in [-0.2, 0) is 5.41 Å². The maximum Gasteiger partial charge on any atom is 0.259 e. The van der Waals surface area contributed by atoms with Gasteiger partial charge in [0.15, 0.2) is 0 Å². The van der Waals surface area contributed by atoms with Gasteiger partial charge >= 0.3 is 0 Å². The summed E-state index contributed by atoms with van der Waals surface area (Å²) in [5.74, 6) is 0. The monoisotopic (exact) mass is 672 g/mol. The first-order chi connectivity index (χ1) is 23.6. The lowest BCUT2D eigenvalue weighted by Crippen LogP contribution is -2.56. The van der Waals surface area contributed by atoms with E-state index in [0.717, 1.165) is 0 Å². The number of anilines is 5. The summed E-state index contributed by atoms with van der Waals surface area (Å²) in [6.07, 6.45) is 3.77. The second-order valence-electron chi connectivity index (χ2n) is 16.2. The van der Waals surface area contributed by atoms with Gasteiger partial charge in [0.1, 0.15) is 0 Å². The Labute approximate surface area is 298 Å². The van der Waals surface area contributed by atoms with Gasteiger partial charge in [-0.1, -0.05) is 76.6 Å². The highest BCUT2D eigenvalue weighted by molar-refractivity contribution is 8.07. The number of fused-ring (bicyclic) bond motifs is 8. The van der Waals surface area contributed by atoms with E-state index in [-0.39, 0.29) is 22.3 Å².